The minimum Gasteiger partial charge on any atom is -0.311 e. The van der Waals surface area contributed by atoms with Gasteiger partial charge in [0.15, 0.2) is 0 Å². The molecule has 6 nitrogen and oxygen atoms in total. The van der Waals surface area contributed by atoms with Gasteiger partial charge in [-0.2, -0.15) is 0 Å². The van der Waals surface area contributed by atoms with Gasteiger partial charge in [0.2, 0.25) is 0 Å². The van der Waals surface area contributed by atoms with Crippen LogP contribution in [0.3, 0.4) is 0 Å². The Morgan fingerprint density at radius 2 is 0.580 bits per heavy atom. The third-order valence-corrected chi connectivity index (χ3v) is 9.29. The number of anilines is 6. The molecule has 2 aliphatic heterocycles. The Bertz CT molecular complexity index is 2010. The molecule has 0 fully saturated rings. The zero-order chi connectivity index (χ0) is 34.2. The normalized spacial score (nSPS) is 14.0. The fraction of sp³-hybridized carbons (Fsp3) is 0.0455. The minimum atomic E-state index is -0.193. The first-order chi connectivity index (χ1) is 24.5. The Hall–Kier alpha value is -6.66. The van der Waals surface area contributed by atoms with Crippen molar-refractivity contribution in [3.8, 4) is 0 Å². The zero-order valence-corrected chi connectivity index (χ0v) is 27.8. The zero-order valence-electron chi connectivity index (χ0n) is 27.8. The first-order valence-electron chi connectivity index (χ1n) is 16.6. The lowest BCUT2D eigenvalue weighted by Crippen LogP contribution is -2.25. The van der Waals surface area contributed by atoms with Gasteiger partial charge in [-0.05, 0) is 83.9 Å². The van der Waals surface area contributed by atoms with Crippen LogP contribution in [-0.4, -0.2) is 35.7 Å². The van der Waals surface area contributed by atoms with E-state index in [2.05, 4.69) is 58.3 Å². The molecule has 2 heterocycles. The van der Waals surface area contributed by atoms with E-state index in [-0.39, 0.29) is 11.8 Å². The van der Waals surface area contributed by atoms with Crippen molar-refractivity contribution in [3.05, 3.63) is 192 Å². The SMILES string of the molecule is CN1C(=O)C2=C(c3ccc(N(c4ccccc4)c4ccccc4)cc3)N(C)C(=O)C2=C1c1ccc(N(c2ccccc2)c2ccccc2)cc1. The van der Waals surface area contributed by atoms with Gasteiger partial charge in [-0.15, -0.1) is 0 Å². The van der Waals surface area contributed by atoms with Crippen molar-refractivity contribution in [2.45, 2.75) is 0 Å². The highest BCUT2D eigenvalue weighted by Gasteiger charge is 2.46. The molecular weight excluding hydrogens is 617 g/mol. The highest BCUT2D eigenvalue weighted by atomic mass is 16.2. The maximum absolute atomic E-state index is 14.0. The summed E-state index contributed by atoms with van der Waals surface area (Å²) in [5.74, 6) is -0.387. The van der Waals surface area contributed by atoms with Crippen molar-refractivity contribution in [2.24, 2.45) is 0 Å². The molecule has 0 saturated heterocycles. The molecule has 8 rings (SSSR count). The third-order valence-electron chi connectivity index (χ3n) is 9.29. The molecule has 6 heteroatoms. The quantitative estimate of drug-likeness (QED) is 0.165. The van der Waals surface area contributed by atoms with E-state index >= 15 is 0 Å². The van der Waals surface area contributed by atoms with E-state index in [0.29, 0.717) is 22.5 Å². The molecule has 0 bridgehead atoms. The number of nitrogens with zero attached hydrogens (tertiary/aromatic N) is 4. The maximum Gasteiger partial charge on any atom is 0.261 e. The maximum atomic E-state index is 14.0. The highest BCUT2D eigenvalue weighted by molar-refractivity contribution is 6.30. The predicted octanol–water partition coefficient (Wildman–Crippen LogP) is 9.69. The molecule has 0 aromatic heterocycles. The summed E-state index contributed by atoms with van der Waals surface area (Å²) < 4.78 is 0. The number of para-hydroxylation sites is 4. The number of carbonyl (C=O) groups is 2. The second-order valence-electron chi connectivity index (χ2n) is 12.3. The van der Waals surface area contributed by atoms with Crippen molar-refractivity contribution in [3.63, 3.8) is 0 Å². The summed E-state index contributed by atoms with van der Waals surface area (Å²) in [5.41, 5.74) is 9.77. The lowest BCUT2D eigenvalue weighted by molar-refractivity contribution is -0.123. The number of hydrogen-bond donors (Lipinski definition) is 0. The Kier molecular flexibility index (Phi) is 7.82. The average Bonchev–Trinajstić information content (AvgIpc) is 3.58. The van der Waals surface area contributed by atoms with Crippen LogP contribution in [-0.2, 0) is 9.59 Å². The molecule has 0 aliphatic carbocycles. The van der Waals surface area contributed by atoms with Crippen LogP contribution < -0.4 is 9.80 Å². The Labute approximate surface area is 292 Å². The smallest absolute Gasteiger partial charge is 0.261 e. The number of benzene rings is 6. The van der Waals surface area contributed by atoms with Crippen molar-refractivity contribution in [2.75, 3.05) is 23.9 Å². The molecule has 50 heavy (non-hydrogen) atoms. The number of fused-ring (bicyclic) bond motifs is 1. The fourth-order valence-electron chi connectivity index (χ4n) is 6.94. The number of rotatable bonds is 8. The van der Waals surface area contributed by atoms with E-state index in [1.807, 2.05) is 121 Å². The molecule has 2 amide bonds. The van der Waals surface area contributed by atoms with Crippen LogP contribution in [0.15, 0.2) is 181 Å². The van der Waals surface area contributed by atoms with Crippen molar-refractivity contribution in [1.82, 2.24) is 9.80 Å². The summed E-state index contributed by atoms with van der Waals surface area (Å²) in [6, 6.07) is 56.9. The third kappa shape index (κ3) is 5.24. The van der Waals surface area contributed by atoms with Gasteiger partial charge in [0, 0.05) is 48.2 Å². The van der Waals surface area contributed by atoms with Gasteiger partial charge >= 0.3 is 0 Å². The molecule has 2 aliphatic rings. The monoisotopic (exact) mass is 650 g/mol. The molecule has 6 aromatic carbocycles. The predicted molar refractivity (Wildman–Crippen MR) is 202 cm³/mol. The lowest BCUT2D eigenvalue weighted by atomic mass is 10.0. The van der Waals surface area contributed by atoms with Crippen LogP contribution in [0.4, 0.5) is 34.1 Å². The molecule has 0 saturated carbocycles. The van der Waals surface area contributed by atoms with Crippen molar-refractivity contribution in [1.29, 1.82) is 0 Å². The number of amides is 2. The number of likely N-dealkylation sites (N-methyl/N-ethyl adjacent to an activating group) is 2. The van der Waals surface area contributed by atoms with E-state index in [1.54, 1.807) is 23.9 Å². The van der Waals surface area contributed by atoms with Gasteiger partial charge in [0.25, 0.3) is 11.8 Å². The Morgan fingerprint density at radius 1 is 0.340 bits per heavy atom. The first kappa shape index (κ1) is 30.7. The number of carbonyl (C=O) groups excluding carboxylic acids is 2. The molecule has 242 valence electrons. The van der Waals surface area contributed by atoms with Gasteiger partial charge in [0.1, 0.15) is 0 Å². The van der Waals surface area contributed by atoms with E-state index in [4.69, 9.17) is 0 Å². The van der Waals surface area contributed by atoms with Gasteiger partial charge in [-0.3, -0.25) is 9.59 Å². The van der Waals surface area contributed by atoms with Crippen LogP contribution in [0.2, 0.25) is 0 Å². The fourth-order valence-corrected chi connectivity index (χ4v) is 6.94. The topological polar surface area (TPSA) is 47.1 Å². The first-order valence-corrected chi connectivity index (χ1v) is 16.6. The van der Waals surface area contributed by atoms with Crippen molar-refractivity contribution >= 4 is 57.3 Å². The standard InChI is InChI=1S/C44H34N4O2/c1-45-41(31-23-27-37(28-24-31)47(33-15-7-3-8-16-33)34-17-9-4-10-18-34)39-40(43(45)49)42(46(2)44(39)50)32-25-29-38(30-26-32)48(35-19-11-5-12-20-35)36-21-13-6-14-22-36/h3-30H,1-2H3. The minimum absolute atomic E-state index is 0.193. The van der Waals surface area contributed by atoms with Gasteiger partial charge in [0.05, 0.1) is 22.5 Å². The highest BCUT2D eigenvalue weighted by Crippen LogP contribution is 2.46. The van der Waals surface area contributed by atoms with Gasteiger partial charge < -0.3 is 19.6 Å². The van der Waals surface area contributed by atoms with Gasteiger partial charge in [-0.1, -0.05) is 97.1 Å². The Morgan fingerprint density at radius 3 is 0.840 bits per heavy atom. The molecule has 0 N–H and O–H groups in total. The van der Waals surface area contributed by atoms with Crippen LogP contribution in [0, 0.1) is 0 Å². The lowest BCUT2D eigenvalue weighted by Gasteiger charge is -2.26. The van der Waals surface area contributed by atoms with Crippen LogP contribution in [0.5, 0.6) is 0 Å². The largest absolute Gasteiger partial charge is 0.311 e. The molecule has 0 spiro atoms. The molecule has 0 radical (unpaired) electrons. The summed E-state index contributed by atoms with van der Waals surface area (Å²) in [6.45, 7) is 0. The van der Waals surface area contributed by atoms with Gasteiger partial charge in [-0.25, -0.2) is 0 Å². The van der Waals surface area contributed by atoms with E-state index in [9.17, 15) is 9.59 Å². The molecule has 0 unspecified atom stereocenters. The van der Waals surface area contributed by atoms with E-state index in [0.717, 1.165) is 45.3 Å². The summed E-state index contributed by atoms with van der Waals surface area (Å²) in [5, 5.41) is 0. The summed E-state index contributed by atoms with van der Waals surface area (Å²) >= 11 is 0. The molecular formula is C44H34N4O2. The van der Waals surface area contributed by atoms with E-state index in [1.165, 1.54) is 0 Å². The van der Waals surface area contributed by atoms with Crippen molar-refractivity contribution < 1.29 is 9.59 Å². The molecule has 6 aromatic rings. The average molecular weight is 651 g/mol. The van der Waals surface area contributed by atoms with Crippen LogP contribution in [0.1, 0.15) is 11.1 Å². The van der Waals surface area contributed by atoms with Crippen LogP contribution in [0.25, 0.3) is 11.4 Å². The second kappa shape index (κ2) is 12.7. The molecule has 0 atom stereocenters. The number of hydrogen-bond acceptors (Lipinski definition) is 4. The van der Waals surface area contributed by atoms with E-state index < -0.39 is 0 Å². The Balaban J connectivity index is 1.17. The summed E-state index contributed by atoms with van der Waals surface area (Å²) in [7, 11) is 3.49. The second-order valence-corrected chi connectivity index (χ2v) is 12.3. The summed E-state index contributed by atoms with van der Waals surface area (Å²) in [6.07, 6.45) is 0. The summed E-state index contributed by atoms with van der Waals surface area (Å²) in [4.78, 5) is 35.5. The van der Waals surface area contributed by atoms with Crippen LogP contribution >= 0.6 is 0 Å².